The number of hydrogen-bond donors (Lipinski definition) is 0. The number of aromatic nitrogens is 2. The van der Waals surface area contributed by atoms with Crippen molar-refractivity contribution in [1.82, 2.24) is 9.55 Å². The first-order valence-electron chi connectivity index (χ1n) is 6.84. The highest BCUT2D eigenvalue weighted by molar-refractivity contribution is 9.10. The fraction of sp³-hybridized carbons (Fsp3) is 0.333. The molecule has 124 valence electrons. The largest absolute Gasteiger partial charge is 0.461 e. The minimum absolute atomic E-state index is 0.0944. The normalized spacial score (nSPS) is 10.9. The smallest absolute Gasteiger partial charge is 0.387 e. The third kappa shape index (κ3) is 4.28. The third-order valence-corrected chi connectivity index (χ3v) is 4.00. The van der Waals surface area contributed by atoms with Crippen LogP contribution in [0.4, 0.5) is 8.78 Å². The molecule has 0 spiro atoms. The van der Waals surface area contributed by atoms with Crippen molar-refractivity contribution >= 4 is 21.9 Å². The number of alkyl halides is 2. The quantitative estimate of drug-likeness (QED) is 0.710. The van der Waals surface area contributed by atoms with E-state index in [1.165, 1.54) is 12.1 Å². The molecule has 0 saturated heterocycles. The highest BCUT2D eigenvalue weighted by Gasteiger charge is 2.20. The van der Waals surface area contributed by atoms with Crippen molar-refractivity contribution in [2.24, 2.45) is 7.05 Å². The van der Waals surface area contributed by atoms with Crippen LogP contribution in [0.1, 0.15) is 28.8 Å². The zero-order chi connectivity index (χ0) is 17.0. The van der Waals surface area contributed by atoms with Gasteiger partial charge in [-0.25, -0.2) is 9.78 Å². The average Bonchev–Trinajstić information content (AvgIpc) is 2.77. The van der Waals surface area contributed by atoms with Gasteiger partial charge in [-0.2, -0.15) is 8.78 Å². The molecule has 0 amide bonds. The molecule has 0 aliphatic carbocycles. The summed E-state index contributed by atoms with van der Waals surface area (Å²) in [5.74, 6) is 0.237. The molecule has 8 heteroatoms. The standard InChI is InChI=1S/C15H15BrF2N2O3/c1-3-22-14(21)12-13(16)20(2)11(19-12)8-9-4-6-10(7-5-9)23-15(17)18/h4-7,15H,3,8H2,1-2H3. The summed E-state index contributed by atoms with van der Waals surface area (Å²) in [5, 5.41) is 0. The Bertz CT molecular complexity index is 687. The highest BCUT2D eigenvalue weighted by Crippen LogP contribution is 2.22. The molecule has 0 saturated carbocycles. The summed E-state index contributed by atoms with van der Waals surface area (Å²) in [6.45, 7) is -0.861. The highest BCUT2D eigenvalue weighted by atomic mass is 79.9. The summed E-state index contributed by atoms with van der Waals surface area (Å²) >= 11 is 3.32. The topological polar surface area (TPSA) is 53.4 Å². The van der Waals surface area contributed by atoms with E-state index >= 15 is 0 Å². The number of carbonyl (C=O) groups is 1. The lowest BCUT2D eigenvalue weighted by molar-refractivity contribution is -0.0498. The van der Waals surface area contributed by atoms with Crippen molar-refractivity contribution in [3.05, 3.63) is 46.0 Å². The Morgan fingerprint density at radius 3 is 2.57 bits per heavy atom. The van der Waals surface area contributed by atoms with E-state index in [9.17, 15) is 13.6 Å². The van der Waals surface area contributed by atoms with E-state index in [0.717, 1.165) is 5.56 Å². The van der Waals surface area contributed by atoms with Gasteiger partial charge >= 0.3 is 12.6 Å². The predicted octanol–water partition coefficient (Wildman–Crippen LogP) is 3.55. The van der Waals surface area contributed by atoms with Crippen LogP contribution in [-0.4, -0.2) is 28.7 Å². The van der Waals surface area contributed by atoms with Crippen LogP contribution in [-0.2, 0) is 18.2 Å². The van der Waals surface area contributed by atoms with Crippen molar-refractivity contribution in [2.45, 2.75) is 20.0 Å². The van der Waals surface area contributed by atoms with Gasteiger partial charge in [0.25, 0.3) is 0 Å². The molecule has 5 nitrogen and oxygen atoms in total. The van der Waals surface area contributed by atoms with E-state index in [1.807, 2.05) is 0 Å². The van der Waals surface area contributed by atoms with Gasteiger partial charge in [0.15, 0.2) is 5.69 Å². The number of hydrogen-bond acceptors (Lipinski definition) is 4. The monoisotopic (exact) mass is 388 g/mol. The first kappa shape index (κ1) is 17.4. The second-order valence-corrected chi connectivity index (χ2v) is 5.40. The number of nitrogens with zero attached hydrogens (tertiary/aromatic N) is 2. The second-order valence-electron chi connectivity index (χ2n) is 4.65. The molecule has 2 rings (SSSR count). The average molecular weight is 389 g/mol. The first-order valence-corrected chi connectivity index (χ1v) is 7.63. The molecule has 0 aliphatic heterocycles. The number of halogens is 3. The summed E-state index contributed by atoms with van der Waals surface area (Å²) < 4.78 is 35.8. The van der Waals surface area contributed by atoms with Crippen LogP contribution in [0.2, 0.25) is 0 Å². The Labute approximate surface area is 140 Å². The van der Waals surface area contributed by atoms with Crippen LogP contribution in [0.5, 0.6) is 5.75 Å². The van der Waals surface area contributed by atoms with Gasteiger partial charge in [0.1, 0.15) is 16.2 Å². The number of esters is 1. The molecule has 0 radical (unpaired) electrons. The fourth-order valence-electron chi connectivity index (χ4n) is 1.98. The molecule has 0 bridgehead atoms. The van der Waals surface area contributed by atoms with Gasteiger partial charge in [0, 0.05) is 13.5 Å². The Kier molecular flexibility index (Phi) is 5.70. The maximum absolute atomic E-state index is 12.1. The van der Waals surface area contributed by atoms with E-state index in [1.54, 1.807) is 30.7 Å². The number of carbonyl (C=O) groups excluding carboxylic acids is 1. The molecular formula is C15H15BrF2N2O3. The Balaban J connectivity index is 2.17. The fourth-order valence-corrected chi connectivity index (χ4v) is 2.44. The van der Waals surface area contributed by atoms with E-state index in [2.05, 4.69) is 25.7 Å². The first-order chi connectivity index (χ1) is 10.9. The summed E-state index contributed by atoms with van der Waals surface area (Å²) in [5.41, 5.74) is 1.06. The number of ether oxygens (including phenoxy) is 2. The maximum Gasteiger partial charge on any atom is 0.387 e. The molecule has 0 atom stereocenters. The van der Waals surface area contributed by atoms with E-state index in [0.29, 0.717) is 16.8 Å². The molecule has 1 heterocycles. The minimum atomic E-state index is -2.85. The zero-order valence-electron chi connectivity index (χ0n) is 12.6. The Morgan fingerprint density at radius 1 is 1.35 bits per heavy atom. The molecule has 1 aromatic carbocycles. The van der Waals surface area contributed by atoms with E-state index in [-0.39, 0.29) is 18.1 Å². The van der Waals surface area contributed by atoms with Gasteiger partial charge in [-0.05, 0) is 40.5 Å². The summed E-state index contributed by atoms with van der Waals surface area (Å²) in [6, 6.07) is 6.27. The van der Waals surface area contributed by atoms with Gasteiger partial charge in [0.2, 0.25) is 0 Å². The molecule has 0 N–H and O–H groups in total. The van der Waals surface area contributed by atoms with Crippen molar-refractivity contribution in [3.63, 3.8) is 0 Å². The van der Waals surface area contributed by atoms with Gasteiger partial charge in [-0.15, -0.1) is 0 Å². The van der Waals surface area contributed by atoms with Crippen LogP contribution in [0.15, 0.2) is 28.9 Å². The molecule has 23 heavy (non-hydrogen) atoms. The van der Waals surface area contributed by atoms with Crippen LogP contribution in [0.25, 0.3) is 0 Å². The lowest BCUT2D eigenvalue weighted by Gasteiger charge is -2.06. The Morgan fingerprint density at radius 2 is 2.00 bits per heavy atom. The number of benzene rings is 1. The molecule has 0 aliphatic rings. The summed E-state index contributed by atoms with van der Waals surface area (Å²) in [4.78, 5) is 16.1. The Hall–Kier alpha value is -1.96. The predicted molar refractivity (Wildman–Crippen MR) is 82.7 cm³/mol. The van der Waals surface area contributed by atoms with E-state index < -0.39 is 12.6 Å². The van der Waals surface area contributed by atoms with Crippen LogP contribution < -0.4 is 4.74 Å². The molecule has 2 aromatic rings. The van der Waals surface area contributed by atoms with Gasteiger partial charge in [-0.1, -0.05) is 12.1 Å². The number of imidazole rings is 1. The van der Waals surface area contributed by atoms with Crippen LogP contribution in [0, 0.1) is 0 Å². The second kappa shape index (κ2) is 7.54. The van der Waals surface area contributed by atoms with Crippen LogP contribution >= 0.6 is 15.9 Å². The van der Waals surface area contributed by atoms with Crippen molar-refractivity contribution < 1.29 is 23.0 Å². The van der Waals surface area contributed by atoms with Crippen molar-refractivity contribution in [3.8, 4) is 5.75 Å². The minimum Gasteiger partial charge on any atom is -0.461 e. The van der Waals surface area contributed by atoms with Gasteiger partial charge in [-0.3, -0.25) is 0 Å². The summed E-state index contributed by atoms with van der Waals surface area (Å²) in [6.07, 6.45) is 0.434. The lowest BCUT2D eigenvalue weighted by Crippen LogP contribution is -2.06. The number of rotatable bonds is 6. The maximum atomic E-state index is 12.1. The zero-order valence-corrected chi connectivity index (χ0v) is 14.1. The molecule has 1 aromatic heterocycles. The van der Waals surface area contributed by atoms with Crippen molar-refractivity contribution in [1.29, 1.82) is 0 Å². The van der Waals surface area contributed by atoms with Crippen molar-refractivity contribution in [2.75, 3.05) is 6.61 Å². The molecule has 0 fully saturated rings. The van der Waals surface area contributed by atoms with E-state index in [4.69, 9.17) is 4.74 Å². The SMILES string of the molecule is CCOC(=O)c1nc(Cc2ccc(OC(F)F)cc2)n(C)c1Br. The van der Waals surface area contributed by atoms with Gasteiger partial charge < -0.3 is 14.0 Å². The van der Waals surface area contributed by atoms with Crippen LogP contribution in [0.3, 0.4) is 0 Å². The molecule has 0 unspecified atom stereocenters. The third-order valence-electron chi connectivity index (χ3n) is 3.10. The molecular weight excluding hydrogens is 374 g/mol. The van der Waals surface area contributed by atoms with Gasteiger partial charge in [0.05, 0.1) is 6.61 Å². The lowest BCUT2D eigenvalue weighted by atomic mass is 10.1. The summed E-state index contributed by atoms with van der Waals surface area (Å²) in [7, 11) is 1.77.